The molecule has 0 spiro atoms. The number of nitriles is 1. The van der Waals surface area contributed by atoms with Crippen molar-refractivity contribution in [3.05, 3.63) is 93.0 Å². The molecule has 3 aromatic carbocycles. The number of benzene rings is 3. The van der Waals surface area contributed by atoms with Gasteiger partial charge in [-0.1, -0.05) is 35.5 Å². The number of nitro groups is 1. The lowest BCUT2D eigenvalue weighted by molar-refractivity contribution is -0.387. The van der Waals surface area contributed by atoms with Gasteiger partial charge in [-0.05, 0) is 67.8 Å². The van der Waals surface area contributed by atoms with E-state index in [0.29, 0.717) is 44.7 Å². The Morgan fingerprint density at radius 2 is 2.02 bits per heavy atom. The minimum Gasteiger partial charge on any atom is -0.376 e. The number of nitro benzene ring substituents is 1. The number of fused-ring (bicyclic) bond motifs is 1. The van der Waals surface area contributed by atoms with Crippen LogP contribution >= 0.6 is 23.1 Å². The smallest absolute Gasteiger partial charge is 0.283 e. The van der Waals surface area contributed by atoms with Crippen molar-refractivity contribution in [3.8, 4) is 6.07 Å². The molecule has 0 bridgehead atoms. The highest BCUT2D eigenvalue weighted by atomic mass is 32.2. The van der Waals surface area contributed by atoms with Crippen molar-refractivity contribution in [2.45, 2.75) is 35.1 Å². The van der Waals surface area contributed by atoms with Gasteiger partial charge in [0, 0.05) is 30.5 Å². The van der Waals surface area contributed by atoms with Crippen molar-refractivity contribution < 1.29 is 19.2 Å². The van der Waals surface area contributed by atoms with Crippen LogP contribution in [0.25, 0.3) is 16.3 Å². The van der Waals surface area contributed by atoms with Gasteiger partial charge >= 0.3 is 0 Å². The fraction of sp³-hybridized carbons (Fsp3) is 0.200. The first-order valence-electron chi connectivity index (χ1n) is 13.1. The third-order valence-corrected chi connectivity index (χ3v) is 8.65. The highest BCUT2D eigenvalue weighted by molar-refractivity contribution is 8.01. The molecule has 1 aliphatic heterocycles. The molecule has 12 heteroatoms. The van der Waals surface area contributed by atoms with E-state index in [4.69, 9.17) is 4.74 Å². The van der Waals surface area contributed by atoms with Crippen LogP contribution < -0.4 is 10.6 Å². The summed E-state index contributed by atoms with van der Waals surface area (Å²) >= 11 is 2.50. The monoisotopic (exact) mass is 599 g/mol. The summed E-state index contributed by atoms with van der Waals surface area (Å²) < 4.78 is 6.89. The largest absolute Gasteiger partial charge is 0.376 e. The average molecular weight is 600 g/mol. The minimum atomic E-state index is -0.557. The summed E-state index contributed by atoms with van der Waals surface area (Å²) in [6, 6.07) is 19.0. The van der Waals surface area contributed by atoms with Gasteiger partial charge in [0.25, 0.3) is 17.5 Å². The van der Waals surface area contributed by atoms with Gasteiger partial charge in [-0.25, -0.2) is 4.98 Å². The van der Waals surface area contributed by atoms with E-state index in [2.05, 4.69) is 15.6 Å². The van der Waals surface area contributed by atoms with E-state index in [1.54, 1.807) is 36.4 Å². The zero-order valence-electron chi connectivity index (χ0n) is 22.5. The maximum absolute atomic E-state index is 12.6. The number of aryl methyl sites for hydroxylation is 1. The highest BCUT2D eigenvalue weighted by Gasteiger charge is 2.20. The molecule has 0 radical (unpaired) electrons. The zero-order chi connectivity index (χ0) is 29.6. The van der Waals surface area contributed by atoms with Gasteiger partial charge in [-0.15, -0.1) is 11.3 Å². The van der Waals surface area contributed by atoms with Gasteiger partial charge in [-0.2, -0.15) is 5.26 Å². The Hall–Kier alpha value is -4.57. The second kappa shape index (κ2) is 12.9. The Bertz CT molecular complexity index is 1740. The van der Waals surface area contributed by atoms with Gasteiger partial charge < -0.3 is 15.4 Å². The molecule has 42 heavy (non-hydrogen) atoms. The van der Waals surface area contributed by atoms with Gasteiger partial charge in [0.05, 0.1) is 26.1 Å². The molecule has 212 valence electrons. The summed E-state index contributed by atoms with van der Waals surface area (Å²) in [5.41, 5.74) is 2.96. The first kappa shape index (κ1) is 28.9. The number of carbonyl (C=O) groups excluding carboxylic acids is 2. The molecule has 1 aliphatic rings. The molecule has 1 aromatic heterocycles. The molecule has 4 aromatic rings. The van der Waals surface area contributed by atoms with E-state index >= 15 is 0 Å². The number of amides is 2. The predicted octanol–water partition coefficient (Wildman–Crippen LogP) is 6.12. The van der Waals surface area contributed by atoms with Crippen LogP contribution in [0.4, 0.5) is 11.4 Å². The number of aromatic nitrogens is 1. The first-order chi connectivity index (χ1) is 20.3. The number of thiazole rings is 1. The summed E-state index contributed by atoms with van der Waals surface area (Å²) in [5, 5.41) is 27.0. The molecule has 1 saturated heterocycles. The van der Waals surface area contributed by atoms with Crippen molar-refractivity contribution in [2.75, 3.05) is 18.5 Å². The van der Waals surface area contributed by atoms with E-state index in [1.165, 1.54) is 23.5 Å². The summed E-state index contributed by atoms with van der Waals surface area (Å²) in [6.45, 7) is 2.91. The quantitative estimate of drug-likeness (QED) is 0.101. The lowest BCUT2D eigenvalue weighted by Crippen LogP contribution is -2.32. The second-order valence-corrected chi connectivity index (χ2v) is 11.9. The Morgan fingerprint density at radius 3 is 2.74 bits per heavy atom. The van der Waals surface area contributed by atoms with Gasteiger partial charge in [0.15, 0.2) is 4.34 Å². The van der Waals surface area contributed by atoms with E-state index in [9.17, 15) is 25.0 Å². The number of hydrogen-bond donors (Lipinski definition) is 2. The molecule has 2 amide bonds. The fourth-order valence-corrected chi connectivity index (χ4v) is 6.45. The van der Waals surface area contributed by atoms with Crippen LogP contribution in [-0.2, 0) is 9.53 Å². The van der Waals surface area contributed by atoms with E-state index < -0.39 is 10.8 Å². The number of nitrogens with one attached hydrogen (secondary N) is 2. The first-order valence-corrected chi connectivity index (χ1v) is 14.7. The maximum Gasteiger partial charge on any atom is 0.283 e. The van der Waals surface area contributed by atoms with Crippen molar-refractivity contribution in [1.82, 2.24) is 10.3 Å². The summed E-state index contributed by atoms with van der Waals surface area (Å²) in [7, 11) is 0. The molecular formula is C30H25N5O5S2. The van der Waals surface area contributed by atoms with Crippen molar-refractivity contribution >= 4 is 62.6 Å². The topological polar surface area (TPSA) is 147 Å². The number of carbonyl (C=O) groups is 2. The van der Waals surface area contributed by atoms with Crippen LogP contribution in [-0.4, -0.2) is 41.0 Å². The summed E-state index contributed by atoms with van der Waals surface area (Å²) in [5.74, 6) is -0.781. The number of nitrogens with zero attached hydrogens (tertiary/aromatic N) is 3. The Kier molecular flexibility index (Phi) is 8.92. The molecule has 5 rings (SSSR count). The summed E-state index contributed by atoms with van der Waals surface area (Å²) in [6.07, 6.45) is 3.03. The van der Waals surface area contributed by atoms with E-state index in [1.807, 2.05) is 31.2 Å². The van der Waals surface area contributed by atoms with Crippen LogP contribution in [0.2, 0.25) is 0 Å². The molecular weight excluding hydrogens is 574 g/mol. The average Bonchev–Trinajstić information content (AvgIpc) is 3.65. The lowest BCUT2D eigenvalue weighted by Gasteiger charge is -2.10. The predicted molar refractivity (Wildman–Crippen MR) is 162 cm³/mol. The molecule has 2 N–H and O–H groups in total. The number of rotatable bonds is 9. The summed E-state index contributed by atoms with van der Waals surface area (Å²) in [4.78, 5) is 41.5. The van der Waals surface area contributed by atoms with Crippen molar-refractivity contribution in [1.29, 1.82) is 5.26 Å². The molecule has 1 fully saturated rings. The van der Waals surface area contributed by atoms with Gasteiger partial charge in [-0.3, -0.25) is 19.7 Å². The molecule has 0 aliphatic carbocycles. The fourth-order valence-electron chi connectivity index (χ4n) is 4.30. The molecule has 0 unspecified atom stereocenters. The third kappa shape index (κ3) is 7.01. The molecule has 2 heterocycles. The molecule has 1 atom stereocenters. The Balaban J connectivity index is 1.31. The lowest BCUT2D eigenvalue weighted by atomic mass is 10.1. The van der Waals surface area contributed by atoms with Gasteiger partial charge in [0.1, 0.15) is 11.6 Å². The Morgan fingerprint density at radius 1 is 1.21 bits per heavy atom. The second-order valence-electron chi connectivity index (χ2n) is 9.58. The minimum absolute atomic E-state index is 0.0715. The molecule has 10 nitrogen and oxygen atoms in total. The van der Waals surface area contributed by atoms with E-state index in [0.717, 1.165) is 34.9 Å². The standard InChI is InChI=1S/C30H25N5O5S2/c1-18-4-7-20(8-5-18)29(37)33-22-9-10-24-27(15-22)42-30(34-24)41-26-11-6-19(14-25(26)35(38)39)13-21(16-31)28(36)32-17-23-3-2-12-40-23/h4-11,13-15,23H,2-3,12,17H2,1H3,(H,32,36)(H,33,37)/b21-13+/t23-/m1/s1. The van der Waals surface area contributed by atoms with Gasteiger partial charge in [0.2, 0.25) is 0 Å². The highest BCUT2D eigenvalue weighted by Crippen LogP contribution is 2.39. The third-order valence-electron chi connectivity index (χ3n) is 6.51. The van der Waals surface area contributed by atoms with Crippen molar-refractivity contribution in [3.63, 3.8) is 0 Å². The van der Waals surface area contributed by atoms with Crippen LogP contribution in [0.15, 0.2) is 75.5 Å². The van der Waals surface area contributed by atoms with Crippen LogP contribution in [0.5, 0.6) is 0 Å². The van der Waals surface area contributed by atoms with Crippen LogP contribution in [0, 0.1) is 28.4 Å². The van der Waals surface area contributed by atoms with Crippen molar-refractivity contribution in [2.24, 2.45) is 0 Å². The van der Waals surface area contributed by atoms with Crippen LogP contribution in [0.1, 0.15) is 34.3 Å². The number of anilines is 1. The maximum atomic E-state index is 12.6. The van der Waals surface area contributed by atoms with E-state index in [-0.39, 0.29) is 23.3 Å². The SMILES string of the molecule is Cc1ccc(C(=O)Nc2ccc3nc(Sc4ccc(/C=C(\C#N)C(=O)NC[C@H]5CCCO5)cc4[N+](=O)[O-])sc3c2)cc1. The van der Waals surface area contributed by atoms with Crippen LogP contribution in [0.3, 0.4) is 0 Å². The normalized spacial score (nSPS) is 14.9. The number of ether oxygens (including phenoxy) is 1. The Labute approximate surface area is 249 Å². The molecule has 0 saturated carbocycles. The zero-order valence-corrected chi connectivity index (χ0v) is 24.1. The number of hydrogen-bond acceptors (Lipinski definition) is 9.